The van der Waals surface area contributed by atoms with Crippen molar-refractivity contribution in [2.45, 2.75) is 42.2 Å². The molecule has 7 rings (SSSR count). The molecule has 0 aliphatic heterocycles. The summed E-state index contributed by atoms with van der Waals surface area (Å²) in [4.78, 5) is 56.7. The summed E-state index contributed by atoms with van der Waals surface area (Å²) in [5.74, 6) is -1.36. The summed E-state index contributed by atoms with van der Waals surface area (Å²) in [5.41, 5.74) is 5.07. The van der Waals surface area contributed by atoms with Crippen LogP contribution in [0.25, 0.3) is 6.08 Å². The molecule has 292 valence electrons. The van der Waals surface area contributed by atoms with Gasteiger partial charge < -0.3 is 20.7 Å². The van der Waals surface area contributed by atoms with Gasteiger partial charge in [-0.3, -0.25) is 14.4 Å². The summed E-state index contributed by atoms with van der Waals surface area (Å²) in [6.07, 6.45) is 3.99. The number of halogens is 1. The first-order chi connectivity index (χ1) is 28.2. The predicted molar refractivity (Wildman–Crippen MR) is 236 cm³/mol. The zero-order chi connectivity index (χ0) is 40.4. The molecule has 1 aromatic heterocycles. The van der Waals surface area contributed by atoms with E-state index >= 15 is 0 Å². The Morgan fingerprint density at radius 2 is 1.55 bits per heavy atom. The number of rotatable bonds is 13. The Bertz CT molecular complexity index is 2460. The number of esters is 1. The topological polar surface area (TPSA) is 114 Å². The lowest BCUT2D eigenvalue weighted by atomic mass is 9.83. The first kappa shape index (κ1) is 40.4. The first-order valence-electron chi connectivity index (χ1n) is 18.9. The summed E-state index contributed by atoms with van der Waals surface area (Å²) in [5, 5.41) is 8.63. The molecule has 0 spiro atoms. The molecule has 0 bridgehead atoms. The van der Waals surface area contributed by atoms with Gasteiger partial charge in [0.2, 0.25) is 5.91 Å². The molecule has 1 aliphatic carbocycles. The number of hydrogen-bond acceptors (Lipinski definition) is 7. The average molecular weight is 871 g/mol. The number of anilines is 2. The number of nitrogens with one attached hydrogen (secondary N) is 3. The summed E-state index contributed by atoms with van der Waals surface area (Å²) in [7, 11) is 0. The summed E-state index contributed by atoms with van der Waals surface area (Å²) in [6, 6.07) is 43.1. The average Bonchev–Trinajstić information content (AvgIpc) is 3.60. The van der Waals surface area contributed by atoms with Crippen molar-refractivity contribution in [3.8, 4) is 0 Å². The van der Waals surface area contributed by atoms with E-state index in [0.717, 1.165) is 38.2 Å². The van der Waals surface area contributed by atoms with Crippen LogP contribution in [0.15, 0.2) is 155 Å². The minimum Gasteiger partial charge on any atom is -0.462 e. The van der Waals surface area contributed by atoms with Crippen molar-refractivity contribution in [1.29, 1.82) is 0 Å². The number of benzene rings is 5. The zero-order valence-electron chi connectivity index (χ0n) is 31.6. The Hall–Kier alpha value is -5.75. The van der Waals surface area contributed by atoms with Gasteiger partial charge >= 0.3 is 5.97 Å². The van der Waals surface area contributed by atoms with E-state index in [2.05, 4.69) is 44.0 Å². The van der Waals surface area contributed by atoms with Crippen LogP contribution in [-0.4, -0.2) is 30.3 Å². The molecule has 3 amide bonds. The molecule has 2 atom stereocenters. The smallest absolute Gasteiger partial charge is 0.341 e. The van der Waals surface area contributed by atoms with E-state index in [0.29, 0.717) is 39.7 Å². The summed E-state index contributed by atoms with van der Waals surface area (Å²) in [6.45, 7) is 2.00. The molecule has 6 aromatic rings. The van der Waals surface area contributed by atoms with Gasteiger partial charge in [0.05, 0.1) is 12.2 Å². The van der Waals surface area contributed by atoms with E-state index in [4.69, 9.17) is 4.74 Å². The number of thioether (sulfide) groups is 1. The zero-order valence-corrected chi connectivity index (χ0v) is 34.8. The monoisotopic (exact) mass is 869 g/mol. The van der Waals surface area contributed by atoms with Crippen LogP contribution in [0.1, 0.15) is 72.4 Å². The maximum absolute atomic E-state index is 14.4. The molecule has 1 heterocycles. The summed E-state index contributed by atoms with van der Waals surface area (Å²) >= 11 is 6.25. The maximum atomic E-state index is 14.4. The van der Waals surface area contributed by atoms with Crippen LogP contribution in [-0.2, 0) is 27.2 Å². The molecular formula is C47H40BrN3O5S2. The highest BCUT2D eigenvalue weighted by molar-refractivity contribution is 9.10. The molecule has 8 nitrogen and oxygen atoms in total. The van der Waals surface area contributed by atoms with E-state index in [1.807, 2.05) is 84.9 Å². The molecule has 0 saturated carbocycles. The van der Waals surface area contributed by atoms with Crippen molar-refractivity contribution in [1.82, 2.24) is 5.32 Å². The molecule has 58 heavy (non-hydrogen) atoms. The van der Waals surface area contributed by atoms with Crippen molar-refractivity contribution < 1.29 is 23.9 Å². The number of amides is 3. The fourth-order valence-electron chi connectivity index (χ4n) is 6.87. The van der Waals surface area contributed by atoms with Gasteiger partial charge in [-0.15, -0.1) is 23.1 Å². The van der Waals surface area contributed by atoms with Crippen LogP contribution in [0.4, 0.5) is 10.7 Å². The van der Waals surface area contributed by atoms with Gasteiger partial charge in [-0.25, -0.2) is 4.79 Å². The van der Waals surface area contributed by atoms with Gasteiger partial charge in [0.15, 0.2) is 0 Å². The summed E-state index contributed by atoms with van der Waals surface area (Å²) < 4.78 is 6.34. The van der Waals surface area contributed by atoms with Crippen molar-refractivity contribution in [2.75, 3.05) is 17.2 Å². The molecule has 11 heteroatoms. The van der Waals surface area contributed by atoms with E-state index in [9.17, 15) is 19.2 Å². The Balaban J connectivity index is 1.13. The fraction of sp³-hybridized carbons (Fsp3) is 0.149. The largest absolute Gasteiger partial charge is 0.462 e. The molecule has 2 unspecified atom stereocenters. The fourth-order valence-corrected chi connectivity index (χ4v) is 9.69. The SMILES string of the molecule is CCOC(=O)c1c(NC(=O)C(Sc2cccc(NC(=O)/C(=C\c3cccc(Br)c3)NC(=O)c3ccccc3)c2)c2ccccc2)sc2c1CCC(c1ccccc1)C2. The van der Waals surface area contributed by atoms with Gasteiger partial charge in [-0.1, -0.05) is 113 Å². The lowest BCUT2D eigenvalue weighted by Gasteiger charge is -2.23. The third kappa shape index (κ3) is 10.0. The van der Waals surface area contributed by atoms with Gasteiger partial charge in [0, 0.05) is 25.5 Å². The third-order valence-electron chi connectivity index (χ3n) is 9.63. The van der Waals surface area contributed by atoms with Gasteiger partial charge in [-0.2, -0.15) is 0 Å². The molecule has 0 radical (unpaired) electrons. The maximum Gasteiger partial charge on any atom is 0.341 e. The third-order valence-corrected chi connectivity index (χ3v) is 12.5. The number of fused-ring (bicyclic) bond motifs is 1. The van der Waals surface area contributed by atoms with Crippen LogP contribution < -0.4 is 16.0 Å². The van der Waals surface area contributed by atoms with Crippen molar-refractivity contribution in [3.05, 3.63) is 188 Å². The molecule has 5 aromatic carbocycles. The quantitative estimate of drug-likeness (QED) is 0.0605. The van der Waals surface area contributed by atoms with Gasteiger partial charge in [0.25, 0.3) is 11.8 Å². The van der Waals surface area contributed by atoms with Crippen LogP contribution in [0.5, 0.6) is 0 Å². The van der Waals surface area contributed by atoms with Gasteiger partial charge in [0.1, 0.15) is 15.9 Å². The van der Waals surface area contributed by atoms with Gasteiger partial charge in [-0.05, 0) is 103 Å². The highest BCUT2D eigenvalue weighted by Crippen LogP contribution is 2.44. The molecule has 0 saturated heterocycles. The Labute approximate surface area is 354 Å². The lowest BCUT2D eigenvalue weighted by molar-refractivity contribution is -0.116. The van der Waals surface area contributed by atoms with Crippen LogP contribution in [0, 0.1) is 0 Å². The van der Waals surface area contributed by atoms with Crippen LogP contribution in [0.3, 0.4) is 0 Å². The Morgan fingerprint density at radius 1 is 0.845 bits per heavy atom. The molecule has 1 aliphatic rings. The van der Waals surface area contributed by atoms with Crippen molar-refractivity contribution in [2.24, 2.45) is 0 Å². The highest BCUT2D eigenvalue weighted by atomic mass is 79.9. The lowest BCUT2D eigenvalue weighted by Crippen LogP contribution is -2.30. The second-order valence-electron chi connectivity index (χ2n) is 13.6. The van der Waals surface area contributed by atoms with E-state index < -0.39 is 23.0 Å². The Kier molecular flexibility index (Phi) is 13.3. The molecular weight excluding hydrogens is 831 g/mol. The van der Waals surface area contributed by atoms with Crippen molar-refractivity contribution in [3.63, 3.8) is 0 Å². The van der Waals surface area contributed by atoms with Crippen LogP contribution >= 0.6 is 39.0 Å². The standard InChI is InChI=1S/C47H40BrN3O5S2/c1-2-56-47(55)41-38-25-24-34(31-15-6-3-7-16-31)28-40(38)58-46(41)51-45(54)42(32-17-8-4-9-18-32)57-37-23-13-22-36(29-37)49-44(53)39(27-30-14-12-21-35(48)26-30)50-43(52)33-19-10-5-11-20-33/h3-23,26-27,29,34,42H,2,24-25,28H2,1H3,(H,49,53)(H,50,52)(H,51,54)/b39-27+. The second kappa shape index (κ2) is 19.1. The minimum absolute atomic E-state index is 0.0534. The van der Waals surface area contributed by atoms with E-state index in [1.165, 1.54) is 28.7 Å². The number of thiophene rings is 1. The van der Waals surface area contributed by atoms with Crippen LogP contribution in [0.2, 0.25) is 0 Å². The number of carbonyl (C=O) groups excluding carboxylic acids is 4. The Morgan fingerprint density at radius 3 is 2.28 bits per heavy atom. The number of hydrogen-bond donors (Lipinski definition) is 3. The predicted octanol–water partition coefficient (Wildman–Crippen LogP) is 10.8. The van der Waals surface area contributed by atoms with E-state index in [-0.39, 0.29) is 18.2 Å². The van der Waals surface area contributed by atoms with E-state index in [1.54, 1.807) is 55.5 Å². The number of ether oxygens (including phenoxy) is 1. The molecule has 3 N–H and O–H groups in total. The number of carbonyl (C=O) groups is 4. The highest BCUT2D eigenvalue weighted by Gasteiger charge is 2.32. The normalized spacial score (nSPS) is 14.1. The second-order valence-corrected chi connectivity index (χ2v) is 16.8. The van der Waals surface area contributed by atoms with Crippen molar-refractivity contribution >= 4 is 79.5 Å². The molecule has 0 fully saturated rings. The minimum atomic E-state index is -0.712. The first-order valence-corrected chi connectivity index (χ1v) is 21.4.